The molecule has 0 heterocycles. The molecule has 13 heavy (non-hydrogen) atoms. The van der Waals surface area contributed by atoms with E-state index < -0.39 is 0 Å². The van der Waals surface area contributed by atoms with E-state index in [1.807, 2.05) is 0 Å². The van der Waals surface area contributed by atoms with Crippen LogP contribution in [0.2, 0.25) is 0 Å². The van der Waals surface area contributed by atoms with Crippen LogP contribution in [0, 0.1) is 0 Å². The van der Waals surface area contributed by atoms with Gasteiger partial charge in [-0.15, -0.1) is 3.53 Å². The monoisotopic (exact) mass is 304 g/mol. The Labute approximate surface area is 91.6 Å². The largest absolute Gasteiger partial charge is 0.404 e. The number of carbonyl (C=O) groups is 1. The van der Waals surface area contributed by atoms with Crippen LogP contribution in [-0.2, 0) is 19.0 Å². The van der Waals surface area contributed by atoms with Crippen molar-refractivity contribution < 1.29 is 41.9 Å². The number of rotatable bonds is 8. The van der Waals surface area contributed by atoms with E-state index in [-0.39, 0.29) is 12.5 Å². The van der Waals surface area contributed by atoms with Gasteiger partial charge in [0, 0.05) is 7.11 Å². The molecule has 0 rings (SSSR count). The molecule has 78 valence electrons. The third-order valence-corrected chi connectivity index (χ3v) is 1.80. The zero-order chi connectivity index (χ0) is 9.94. The zero-order valence-electron chi connectivity index (χ0n) is 7.58. The molecule has 0 fully saturated rings. The summed E-state index contributed by atoms with van der Waals surface area (Å²) in [7, 11) is 1.62. The third kappa shape index (κ3) is 10.00. The Kier molecular flexibility index (Phi) is 10.2. The Morgan fingerprint density at radius 2 is 1.85 bits per heavy atom. The summed E-state index contributed by atoms with van der Waals surface area (Å²) in [6.45, 7) is 2.14. The Morgan fingerprint density at radius 1 is 1.23 bits per heavy atom. The first-order valence-corrected chi connectivity index (χ1v) is 5.03. The summed E-state index contributed by atoms with van der Waals surface area (Å²) in [4.78, 5) is 10.7. The van der Waals surface area contributed by atoms with Crippen LogP contribution in [0.5, 0.6) is 0 Å². The fourth-order valence-electron chi connectivity index (χ4n) is 0.557. The van der Waals surface area contributed by atoms with Gasteiger partial charge in [-0.25, -0.2) is 0 Å². The molecule has 0 spiro atoms. The van der Waals surface area contributed by atoms with Gasteiger partial charge in [0.15, 0.2) is 0 Å². The second kappa shape index (κ2) is 10.2. The van der Waals surface area contributed by atoms with Gasteiger partial charge in [0.05, 0.1) is 26.4 Å². The standard InChI is InChI=1S/C7H14INO4/c1-11-2-3-12-4-5-13-6-7(10)9-8/h8H,2-6H2,1H3/p+1. The number of carbonyl (C=O) groups excluding carboxylic acids is 1. The van der Waals surface area contributed by atoms with E-state index in [9.17, 15) is 4.79 Å². The summed E-state index contributed by atoms with van der Waals surface area (Å²) < 4.78 is 17.3. The Hall–Kier alpha value is 0.0800. The van der Waals surface area contributed by atoms with Gasteiger partial charge >= 0.3 is 22.9 Å². The second-order valence-corrected chi connectivity index (χ2v) is 2.77. The maximum Gasteiger partial charge on any atom is 0.404 e. The average molecular weight is 304 g/mol. The molecule has 0 bridgehead atoms. The molecule has 1 N–H and O–H groups in total. The lowest BCUT2D eigenvalue weighted by Gasteiger charge is -2.03. The molecule has 0 aromatic heterocycles. The highest BCUT2D eigenvalue weighted by molar-refractivity contribution is 5.75. The number of amides is 1. The molecule has 0 radical (unpaired) electrons. The van der Waals surface area contributed by atoms with E-state index in [2.05, 4.69) is 3.53 Å². The van der Waals surface area contributed by atoms with Crippen molar-refractivity contribution in [2.75, 3.05) is 40.1 Å². The van der Waals surface area contributed by atoms with Gasteiger partial charge in [-0.2, -0.15) is 0 Å². The molecule has 0 saturated heterocycles. The summed E-state index contributed by atoms with van der Waals surface area (Å²) in [5.41, 5.74) is 0. The molecule has 0 aromatic rings. The van der Waals surface area contributed by atoms with Crippen LogP contribution in [0.4, 0.5) is 0 Å². The van der Waals surface area contributed by atoms with Crippen molar-refractivity contribution in [2.24, 2.45) is 0 Å². The molecule has 0 atom stereocenters. The second-order valence-electron chi connectivity index (χ2n) is 2.18. The number of hydrogen-bond acceptors (Lipinski definition) is 4. The summed E-state index contributed by atoms with van der Waals surface area (Å²) in [5, 5.41) is 0. The van der Waals surface area contributed by atoms with Crippen molar-refractivity contribution in [3.63, 3.8) is 0 Å². The van der Waals surface area contributed by atoms with Gasteiger partial charge in [0.25, 0.3) is 5.91 Å². The Balaban J connectivity index is 2.95. The highest BCUT2D eigenvalue weighted by Crippen LogP contribution is 1.79. The summed E-state index contributed by atoms with van der Waals surface area (Å²) >= 11 is 1.51. The molecule has 0 saturated carbocycles. The van der Waals surface area contributed by atoms with Crippen LogP contribution in [-0.4, -0.2) is 46.1 Å². The van der Waals surface area contributed by atoms with E-state index in [0.29, 0.717) is 26.4 Å². The van der Waals surface area contributed by atoms with E-state index in [0.717, 1.165) is 0 Å². The summed E-state index contributed by atoms with van der Waals surface area (Å²) in [6, 6.07) is 0. The fraction of sp³-hybridized carbons (Fsp3) is 0.857. The van der Waals surface area contributed by atoms with Crippen molar-refractivity contribution in [1.82, 2.24) is 3.53 Å². The molecule has 6 heteroatoms. The smallest absolute Gasteiger partial charge is 0.382 e. The third-order valence-electron chi connectivity index (χ3n) is 1.15. The molecule has 1 amide bonds. The van der Waals surface area contributed by atoms with Gasteiger partial charge in [0.2, 0.25) is 0 Å². The first-order valence-electron chi connectivity index (χ1n) is 3.86. The molecule has 0 aliphatic carbocycles. The van der Waals surface area contributed by atoms with Gasteiger partial charge in [-0.05, 0) is 0 Å². The maximum atomic E-state index is 10.7. The van der Waals surface area contributed by atoms with Crippen LogP contribution >= 0.6 is 0 Å². The maximum absolute atomic E-state index is 10.7. The predicted molar refractivity (Wildman–Crippen MR) is 43.1 cm³/mol. The number of hydrogen-bond donors (Lipinski definition) is 1. The average Bonchev–Trinajstić information content (AvgIpc) is 2.16. The van der Waals surface area contributed by atoms with Gasteiger partial charge < -0.3 is 14.2 Å². The van der Waals surface area contributed by atoms with Crippen molar-refractivity contribution in [3.05, 3.63) is 0 Å². The van der Waals surface area contributed by atoms with Gasteiger partial charge in [-0.3, -0.25) is 4.79 Å². The topological polar surface area (TPSA) is 56.8 Å². The number of methoxy groups -OCH3 is 1. The highest BCUT2D eigenvalue weighted by Gasteiger charge is 2.00. The highest BCUT2D eigenvalue weighted by atomic mass is 127. The van der Waals surface area contributed by atoms with E-state index in [4.69, 9.17) is 14.2 Å². The summed E-state index contributed by atoms with van der Waals surface area (Å²) in [5.74, 6) is -0.123. The molecule has 0 aromatic carbocycles. The van der Waals surface area contributed by atoms with Crippen LogP contribution < -0.4 is 26.4 Å². The summed E-state index contributed by atoms with van der Waals surface area (Å²) in [6.07, 6.45) is 0. The lowest BCUT2D eigenvalue weighted by atomic mass is 10.6. The quantitative estimate of drug-likeness (QED) is 0.282. The first kappa shape index (κ1) is 13.1. The van der Waals surface area contributed by atoms with Crippen LogP contribution in [0.15, 0.2) is 0 Å². The van der Waals surface area contributed by atoms with Crippen molar-refractivity contribution in [3.8, 4) is 0 Å². The number of nitrogens with one attached hydrogen (secondary N) is 1. The van der Waals surface area contributed by atoms with Crippen molar-refractivity contribution in [2.45, 2.75) is 0 Å². The first-order chi connectivity index (χ1) is 6.31. The Morgan fingerprint density at radius 3 is 2.46 bits per heavy atom. The minimum atomic E-state index is -0.123. The molecule has 0 aliphatic heterocycles. The lowest BCUT2D eigenvalue weighted by Crippen LogP contribution is -3.42. The van der Waals surface area contributed by atoms with Gasteiger partial charge in [0.1, 0.15) is 6.61 Å². The lowest BCUT2D eigenvalue weighted by molar-refractivity contribution is -0.427. The number of halogens is 1. The molecule has 0 unspecified atom stereocenters. The predicted octanol–water partition coefficient (Wildman–Crippen LogP) is -4.02. The minimum Gasteiger partial charge on any atom is -0.382 e. The van der Waals surface area contributed by atoms with E-state index >= 15 is 0 Å². The SMILES string of the molecule is COCCOCCOCC(=O)N[IH+]. The fourth-order valence-corrected chi connectivity index (χ4v) is 0.725. The van der Waals surface area contributed by atoms with Crippen LogP contribution in [0.1, 0.15) is 0 Å². The van der Waals surface area contributed by atoms with Crippen LogP contribution in [0.3, 0.4) is 0 Å². The molecule has 0 aliphatic rings. The molecule has 5 nitrogen and oxygen atoms in total. The normalized spacial score (nSPS) is 10.0. The molecular weight excluding hydrogens is 289 g/mol. The zero-order valence-corrected chi connectivity index (χ0v) is 9.91. The Bertz CT molecular complexity index is 134. The molecular formula is C7H15INO4+. The van der Waals surface area contributed by atoms with E-state index in [1.165, 1.54) is 22.9 Å². The van der Waals surface area contributed by atoms with Crippen molar-refractivity contribution in [1.29, 1.82) is 0 Å². The van der Waals surface area contributed by atoms with Crippen LogP contribution in [0.25, 0.3) is 0 Å². The van der Waals surface area contributed by atoms with E-state index in [1.54, 1.807) is 7.11 Å². The number of ether oxygens (including phenoxy) is 3. The van der Waals surface area contributed by atoms with Crippen molar-refractivity contribution >= 4 is 5.91 Å². The minimum absolute atomic E-state index is 0.0899. The van der Waals surface area contributed by atoms with Gasteiger partial charge in [-0.1, -0.05) is 0 Å².